The van der Waals surface area contributed by atoms with E-state index in [-0.39, 0.29) is 22.6 Å². The monoisotopic (exact) mass is 302 g/mol. The summed E-state index contributed by atoms with van der Waals surface area (Å²) in [5.74, 6) is -2.72. The molecule has 0 heterocycles. The average molecular weight is 302 g/mol. The highest BCUT2D eigenvalue weighted by Gasteiger charge is 2.33. The van der Waals surface area contributed by atoms with Crippen molar-refractivity contribution in [3.8, 4) is 11.5 Å². The number of ketones is 2. The molecule has 2 aromatic carbocycles. The Bertz CT molecular complexity index is 648. The zero-order valence-electron chi connectivity index (χ0n) is 11.4. The van der Waals surface area contributed by atoms with Crippen LogP contribution >= 0.6 is 0 Å². The van der Waals surface area contributed by atoms with Gasteiger partial charge in [0, 0.05) is 0 Å². The standard InChI is InChI=1S/C16H14O6/c17-11-7-3-1-5-9(11)13(19)15(21)16(22)14(20)10-6-2-4-8-12(10)18/h1-8,15-18,21-22H. The van der Waals surface area contributed by atoms with Crippen LogP contribution in [0.5, 0.6) is 11.5 Å². The number of aliphatic hydroxyl groups excluding tert-OH is 2. The van der Waals surface area contributed by atoms with E-state index < -0.39 is 23.8 Å². The maximum atomic E-state index is 12.0. The molecule has 0 aliphatic rings. The molecule has 2 rings (SSSR count). The average Bonchev–Trinajstić information content (AvgIpc) is 2.53. The lowest BCUT2D eigenvalue weighted by Gasteiger charge is -2.16. The van der Waals surface area contributed by atoms with Crippen molar-refractivity contribution in [1.82, 2.24) is 0 Å². The van der Waals surface area contributed by atoms with Crippen LogP contribution in [0.4, 0.5) is 0 Å². The first kappa shape index (κ1) is 15.7. The van der Waals surface area contributed by atoms with Crippen molar-refractivity contribution in [3.63, 3.8) is 0 Å². The third-order valence-corrected chi connectivity index (χ3v) is 3.18. The number of hydrogen-bond acceptors (Lipinski definition) is 6. The number of carbonyl (C=O) groups excluding carboxylic acids is 2. The normalized spacial score (nSPS) is 13.4. The van der Waals surface area contributed by atoms with Gasteiger partial charge in [0.2, 0.25) is 0 Å². The first-order valence-electron chi connectivity index (χ1n) is 6.44. The van der Waals surface area contributed by atoms with Crippen LogP contribution in [0.2, 0.25) is 0 Å². The summed E-state index contributed by atoms with van der Waals surface area (Å²) in [6, 6.07) is 10.9. The number of aromatic hydroxyl groups is 2. The van der Waals surface area contributed by atoms with Crippen LogP contribution in [0.25, 0.3) is 0 Å². The Morgan fingerprint density at radius 2 is 1.00 bits per heavy atom. The molecule has 22 heavy (non-hydrogen) atoms. The predicted molar refractivity (Wildman–Crippen MR) is 76.9 cm³/mol. The van der Waals surface area contributed by atoms with Gasteiger partial charge in [0.05, 0.1) is 11.1 Å². The molecule has 2 aromatic rings. The van der Waals surface area contributed by atoms with Crippen molar-refractivity contribution in [2.75, 3.05) is 0 Å². The maximum absolute atomic E-state index is 12.0. The second-order valence-corrected chi connectivity index (χ2v) is 4.65. The van der Waals surface area contributed by atoms with Crippen LogP contribution in [0, 0.1) is 0 Å². The smallest absolute Gasteiger partial charge is 0.198 e. The summed E-state index contributed by atoms with van der Waals surface area (Å²) >= 11 is 0. The molecule has 0 radical (unpaired) electrons. The van der Waals surface area contributed by atoms with Crippen molar-refractivity contribution in [3.05, 3.63) is 59.7 Å². The summed E-state index contributed by atoms with van der Waals surface area (Å²) < 4.78 is 0. The van der Waals surface area contributed by atoms with Gasteiger partial charge in [0.1, 0.15) is 11.5 Å². The van der Waals surface area contributed by atoms with Crippen molar-refractivity contribution in [1.29, 1.82) is 0 Å². The molecule has 0 amide bonds. The molecule has 0 aliphatic carbocycles. The molecular formula is C16H14O6. The van der Waals surface area contributed by atoms with E-state index in [0.717, 1.165) is 0 Å². The summed E-state index contributed by atoms with van der Waals surface area (Å²) in [6.45, 7) is 0. The van der Waals surface area contributed by atoms with Crippen molar-refractivity contribution >= 4 is 11.6 Å². The Labute approximate surface area is 125 Å². The van der Waals surface area contributed by atoms with E-state index in [1.54, 1.807) is 0 Å². The summed E-state index contributed by atoms with van der Waals surface area (Å²) in [6.07, 6.45) is -4.11. The third kappa shape index (κ3) is 2.98. The lowest BCUT2D eigenvalue weighted by Crippen LogP contribution is -2.39. The second kappa shape index (κ2) is 6.38. The molecule has 0 aromatic heterocycles. The highest BCUT2D eigenvalue weighted by molar-refractivity contribution is 6.09. The summed E-state index contributed by atoms with van der Waals surface area (Å²) in [7, 11) is 0. The molecule has 0 fully saturated rings. The number of Topliss-reactive ketones (excluding diaryl/α,β-unsaturated/α-hetero) is 2. The van der Waals surface area contributed by atoms with Gasteiger partial charge in [-0.05, 0) is 24.3 Å². The van der Waals surface area contributed by atoms with Gasteiger partial charge in [-0.1, -0.05) is 24.3 Å². The highest BCUT2D eigenvalue weighted by atomic mass is 16.3. The van der Waals surface area contributed by atoms with Crippen LogP contribution in [-0.4, -0.2) is 44.2 Å². The number of para-hydroxylation sites is 2. The lowest BCUT2D eigenvalue weighted by molar-refractivity contribution is 0.0213. The van der Waals surface area contributed by atoms with E-state index in [1.165, 1.54) is 48.5 Å². The Hall–Kier alpha value is -2.70. The molecule has 2 unspecified atom stereocenters. The Kier molecular flexibility index (Phi) is 4.55. The van der Waals surface area contributed by atoms with Gasteiger partial charge in [0.25, 0.3) is 0 Å². The fourth-order valence-electron chi connectivity index (χ4n) is 1.97. The van der Waals surface area contributed by atoms with Crippen molar-refractivity contribution in [2.45, 2.75) is 12.2 Å². The Morgan fingerprint density at radius 3 is 1.32 bits per heavy atom. The minimum atomic E-state index is -2.06. The number of carbonyl (C=O) groups is 2. The van der Waals surface area contributed by atoms with Crippen LogP contribution < -0.4 is 0 Å². The summed E-state index contributed by atoms with van der Waals surface area (Å²) in [4.78, 5) is 24.1. The lowest BCUT2D eigenvalue weighted by atomic mass is 9.95. The third-order valence-electron chi connectivity index (χ3n) is 3.18. The summed E-state index contributed by atoms with van der Waals surface area (Å²) in [5.41, 5.74) is -0.418. The molecule has 0 spiro atoms. The van der Waals surface area contributed by atoms with Crippen LogP contribution in [0.3, 0.4) is 0 Å². The number of phenols is 2. The van der Waals surface area contributed by atoms with Gasteiger partial charge < -0.3 is 20.4 Å². The molecule has 2 atom stereocenters. The van der Waals surface area contributed by atoms with Crippen molar-refractivity contribution in [2.24, 2.45) is 0 Å². The number of benzene rings is 2. The molecule has 0 saturated heterocycles. The van der Waals surface area contributed by atoms with E-state index in [0.29, 0.717) is 0 Å². The highest BCUT2D eigenvalue weighted by Crippen LogP contribution is 2.22. The Balaban J connectivity index is 2.24. The first-order chi connectivity index (χ1) is 10.4. The van der Waals surface area contributed by atoms with E-state index in [1.807, 2.05) is 0 Å². The first-order valence-corrected chi connectivity index (χ1v) is 6.44. The zero-order chi connectivity index (χ0) is 16.3. The predicted octanol–water partition coefficient (Wildman–Crippen LogP) is 0.885. The van der Waals surface area contributed by atoms with E-state index in [2.05, 4.69) is 0 Å². The molecule has 6 heteroatoms. The van der Waals surface area contributed by atoms with Gasteiger partial charge in [-0.25, -0.2) is 0 Å². The number of phenolic OH excluding ortho intramolecular Hbond substituents is 2. The molecule has 0 bridgehead atoms. The van der Waals surface area contributed by atoms with Crippen LogP contribution in [0.15, 0.2) is 48.5 Å². The van der Waals surface area contributed by atoms with Gasteiger partial charge >= 0.3 is 0 Å². The largest absolute Gasteiger partial charge is 0.507 e. The molecule has 4 N–H and O–H groups in total. The minimum Gasteiger partial charge on any atom is -0.507 e. The molecule has 6 nitrogen and oxygen atoms in total. The van der Waals surface area contributed by atoms with E-state index >= 15 is 0 Å². The number of hydrogen-bond donors (Lipinski definition) is 4. The van der Waals surface area contributed by atoms with Gasteiger partial charge in [-0.15, -0.1) is 0 Å². The minimum absolute atomic E-state index is 0.209. The van der Waals surface area contributed by atoms with Crippen LogP contribution in [-0.2, 0) is 0 Å². The fourth-order valence-corrected chi connectivity index (χ4v) is 1.97. The maximum Gasteiger partial charge on any atom is 0.198 e. The summed E-state index contributed by atoms with van der Waals surface area (Å²) in [5, 5.41) is 38.9. The second-order valence-electron chi connectivity index (χ2n) is 4.65. The molecule has 0 aliphatic heterocycles. The number of aliphatic hydroxyl groups is 2. The SMILES string of the molecule is O=C(c1ccccc1O)C(O)C(O)C(=O)c1ccccc1O. The van der Waals surface area contributed by atoms with Crippen molar-refractivity contribution < 1.29 is 30.0 Å². The van der Waals surface area contributed by atoms with Gasteiger partial charge in [-0.3, -0.25) is 9.59 Å². The Morgan fingerprint density at radius 1 is 0.682 bits per heavy atom. The topological polar surface area (TPSA) is 115 Å². The molecule has 114 valence electrons. The fraction of sp³-hybridized carbons (Fsp3) is 0.125. The van der Waals surface area contributed by atoms with E-state index in [4.69, 9.17) is 0 Å². The zero-order valence-corrected chi connectivity index (χ0v) is 11.4. The van der Waals surface area contributed by atoms with E-state index in [9.17, 15) is 30.0 Å². The molecular weight excluding hydrogens is 288 g/mol. The van der Waals surface area contributed by atoms with Crippen LogP contribution in [0.1, 0.15) is 20.7 Å². The number of rotatable bonds is 5. The van der Waals surface area contributed by atoms with Gasteiger partial charge in [0.15, 0.2) is 23.8 Å². The van der Waals surface area contributed by atoms with Gasteiger partial charge in [-0.2, -0.15) is 0 Å². The quantitative estimate of drug-likeness (QED) is 0.610. The molecule has 0 saturated carbocycles.